The Kier molecular flexibility index (Phi) is 6.34. The Balaban J connectivity index is 1.53. The Morgan fingerprint density at radius 2 is 1.96 bits per heavy atom. The van der Waals surface area contributed by atoms with Gasteiger partial charge in [-0.25, -0.2) is 0 Å². The average Bonchev–Trinajstić information content (AvgIpc) is 3.21. The van der Waals surface area contributed by atoms with Crippen molar-refractivity contribution in [1.29, 1.82) is 0 Å². The van der Waals surface area contributed by atoms with E-state index in [4.69, 9.17) is 20.8 Å². The summed E-state index contributed by atoms with van der Waals surface area (Å²) < 4.78 is 10.7. The zero-order chi connectivity index (χ0) is 19.9. The second-order valence-electron chi connectivity index (χ2n) is 6.09. The SMILES string of the molecule is Cc1cc(OCC(=O)Nc2cccc(C(=O)NCc3ccco3)c2)ccc1Cl. The second-order valence-corrected chi connectivity index (χ2v) is 6.50. The van der Waals surface area contributed by atoms with Crippen LogP contribution in [-0.4, -0.2) is 18.4 Å². The van der Waals surface area contributed by atoms with E-state index in [1.54, 1.807) is 60.9 Å². The monoisotopic (exact) mass is 398 g/mol. The molecule has 0 aliphatic rings. The Hall–Kier alpha value is -3.25. The van der Waals surface area contributed by atoms with E-state index in [1.807, 2.05) is 6.92 Å². The smallest absolute Gasteiger partial charge is 0.262 e. The number of furan rings is 1. The van der Waals surface area contributed by atoms with Gasteiger partial charge in [0.25, 0.3) is 11.8 Å². The van der Waals surface area contributed by atoms with E-state index >= 15 is 0 Å². The molecule has 0 spiro atoms. The van der Waals surface area contributed by atoms with Crippen LogP contribution in [0.1, 0.15) is 21.7 Å². The largest absolute Gasteiger partial charge is 0.484 e. The normalized spacial score (nSPS) is 10.4. The van der Waals surface area contributed by atoms with Crippen molar-refractivity contribution >= 4 is 29.1 Å². The Morgan fingerprint density at radius 3 is 2.71 bits per heavy atom. The van der Waals surface area contributed by atoms with Crippen LogP contribution in [0.5, 0.6) is 5.75 Å². The van der Waals surface area contributed by atoms with Crippen LogP contribution in [0, 0.1) is 6.92 Å². The van der Waals surface area contributed by atoms with E-state index in [-0.39, 0.29) is 25.0 Å². The highest BCUT2D eigenvalue weighted by atomic mass is 35.5. The molecular formula is C21H19ClN2O4. The highest BCUT2D eigenvalue weighted by molar-refractivity contribution is 6.31. The van der Waals surface area contributed by atoms with E-state index in [0.717, 1.165) is 5.56 Å². The summed E-state index contributed by atoms with van der Waals surface area (Å²) in [6, 6.07) is 15.4. The third-order valence-corrected chi connectivity index (χ3v) is 4.34. The summed E-state index contributed by atoms with van der Waals surface area (Å²) in [7, 11) is 0. The molecule has 0 unspecified atom stereocenters. The van der Waals surface area contributed by atoms with Gasteiger partial charge in [-0.05, 0) is 61.0 Å². The first-order valence-corrected chi connectivity index (χ1v) is 8.98. The lowest BCUT2D eigenvalue weighted by molar-refractivity contribution is -0.118. The number of hydrogen-bond donors (Lipinski definition) is 2. The molecule has 1 heterocycles. The molecule has 0 atom stereocenters. The summed E-state index contributed by atoms with van der Waals surface area (Å²) in [6.45, 7) is 1.99. The van der Waals surface area contributed by atoms with Crippen molar-refractivity contribution in [3.05, 3.63) is 82.8 Å². The molecule has 3 rings (SSSR count). The predicted octanol–water partition coefficient (Wildman–Crippen LogP) is 4.19. The van der Waals surface area contributed by atoms with Gasteiger partial charge in [-0.15, -0.1) is 0 Å². The zero-order valence-corrected chi connectivity index (χ0v) is 16.0. The van der Waals surface area contributed by atoms with Crippen molar-refractivity contribution in [3.63, 3.8) is 0 Å². The van der Waals surface area contributed by atoms with Crippen LogP contribution >= 0.6 is 11.6 Å². The molecular weight excluding hydrogens is 380 g/mol. The minimum Gasteiger partial charge on any atom is -0.484 e. The molecule has 0 radical (unpaired) electrons. The van der Waals surface area contributed by atoms with Gasteiger partial charge in [0.15, 0.2) is 6.61 Å². The fourth-order valence-corrected chi connectivity index (χ4v) is 2.59. The van der Waals surface area contributed by atoms with Gasteiger partial charge in [0.1, 0.15) is 11.5 Å². The second kappa shape index (κ2) is 9.10. The van der Waals surface area contributed by atoms with Crippen LogP contribution in [0.3, 0.4) is 0 Å². The van der Waals surface area contributed by atoms with Crippen LogP contribution in [0.15, 0.2) is 65.3 Å². The van der Waals surface area contributed by atoms with Crippen molar-refractivity contribution in [2.45, 2.75) is 13.5 Å². The number of nitrogens with one attached hydrogen (secondary N) is 2. The summed E-state index contributed by atoms with van der Waals surface area (Å²) >= 11 is 5.97. The van der Waals surface area contributed by atoms with Gasteiger partial charge < -0.3 is 19.8 Å². The van der Waals surface area contributed by atoms with E-state index in [0.29, 0.717) is 27.8 Å². The van der Waals surface area contributed by atoms with E-state index in [9.17, 15) is 9.59 Å². The Labute approximate surface area is 167 Å². The number of aryl methyl sites for hydroxylation is 1. The molecule has 28 heavy (non-hydrogen) atoms. The van der Waals surface area contributed by atoms with Crippen molar-refractivity contribution in [3.8, 4) is 5.75 Å². The molecule has 0 saturated heterocycles. The lowest BCUT2D eigenvalue weighted by atomic mass is 10.2. The van der Waals surface area contributed by atoms with Gasteiger partial charge >= 0.3 is 0 Å². The molecule has 3 aromatic rings. The van der Waals surface area contributed by atoms with Gasteiger partial charge in [0.2, 0.25) is 0 Å². The molecule has 0 bridgehead atoms. The highest BCUT2D eigenvalue weighted by Crippen LogP contribution is 2.21. The van der Waals surface area contributed by atoms with Gasteiger partial charge in [0, 0.05) is 16.3 Å². The molecule has 2 amide bonds. The van der Waals surface area contributed by atoms with Crippen LogP contribution in [0.2, 0.25) is 5.02 Å². The third kappa shape index (κ3) is 5.37. The van der Waals surface area contributed by atoms with Crippen LogP contribution in [0.25, 0.3) is 0 Å². The first kappa shape index (κ1) is 19.5. The summed E-state index contributed by atoms with van der Waals surface area (Å²) in [5, 5.41) is 6.11. The molecule has 2 N–H and O–H groups in total. The number of halogens is 1. The van der Waals surface area contributed by atoms with E-state index in [1.165, 1.54) is 0 Å². The van der Waals surface area contributed by atoms with Crippen molar-refractivity contribution < 1.29 is 18.7 Å². The van der Waals surface area contributed by atoms with Crippen molar-refractivity contribution in [2.75, 3.05) is 11.9 Å². The summed E-state index contributed by atoms with van der Waals surface area (Å²) in [5.74, 6) is 0.622. The number of anilines is 1. The maximum absolute atomic E-state index is 12.2. The summed E-state index contributed by atoms with van der Waals surface area (Å²) in [4.78, 5) is 24.4. The Morgan fingerprint density at radius 1 is 1.11 bits per heavy atom. The molecule has 0 saturated carbocycles. The third-order valence-electron chi connectivity index (χ3n) is 3.91. The predicted molar refractivity (Wildman–Crippen MR) is 107 cm³/mol. The maximum atomic E-state index is 12.2. The van der Waals surface area contributed by atoms with Gasteiger partial charge in [0.05, 0.1) is 12.8 Å². The zero-order valence-electron chi connectivity index (χ0n) is 15.2. The fourth-order valence-electron chi connectivity index (χ4n) is 2.47. The first-order chi connectivity index (χ1) is 13.5. The molecule has 1 aromatic heterocycles. The number of rotatable bonds is 7. The maximum Gasteiger partial charge on any atom is 0.262 e. The molecule has 6 nitrogen and oxygen atoms in total. The Bertz CT molecular complexity index is 970. The molecule has 0 fully saturated rings. The van der Waals surface area contributed by atoms with Crippen molar-refractivity contribution in [2.24, 2.45) is 0 Å². The molecule has 0 aliphatic heterocycles. The molecule has 0 aliphatic carbocycles. The van der Waals surface area contributed by atoms with Gasteiger partial charge in [-0.2, -0.15) is 0 Å². The minimum absolute atomic E-state index is 0.157. The topological polar surface area (TPSA) is 80.6 Å². The lowest BCUT2D eigenvalue weighted by Gasteiger charge is -2.10. The number of carbonyl (C=O) groups is 2. The number of amides is 2. The highest BCUT2D eigenvalue weighted by Gasteiger charge is 2.09. The fraction of sp³-hybridized carbons (Fsp3) is 0.143. The summed E-state index contributed by atoms with van der Waals surface area (Å²) in [5.41, 5.74) is 1.80. The van der Waals surface area contributed by atoms with Gasteiger partial charge in [-0.1, -0.05) is 17.7 Å². The quantitative estimate of drug-likeness (QED) is 0.625. The van der Waals surface area contributed by atoms with Gasteiger partial charge in [-0.3, -0.25) is 9.59 Å². The van der Waals surface area contributed by atoms with E-state index < -0.39 is 0 Å². The van der Waals surface area contributed by atoms with Crippen LogP contribution in [-0.2, 0) is 11.3 Å². The van der Waals surface area contributed by atoms with Crippen LogP contribution < -0.4 is 15.4 Å². The standard InChI is InChI=1S/C21H19ClN2O4/c1-14-10-17(7-8-19(14)22)28-13-20(25)24-16-5-2-4-15(11-16)21(26)23-12-18-6-3-9-27-18/h2-11H,12-13H2,1H3,(H,23,26)(H,24,25). The lowest BCUT2D eigenvalue weighted by Crippen LogP contribution is -2.23. The number of benzene rings is 2. The summed E-state index contributed by atoms with van der Waals surface area (Å²) in [6.07, 6.45) is 1.55. The van der Waals surface area contributed by atoms with E-state index in [2.05, 4.69) is 10.6 Å². The molecule has 2 aromatic carbocycles. The molecule has 144 valence electrons. The minimum atomic E-state index is -0.333. The van der Waals surface area contributed by atoms with Crippen LogP contribution in [0.4, 0.5) is 5.69 Å². The average molecular weight is 399 g/mol. The first-order valence-electron chi connectivity index (χ1n) is 8.61. The molecule has 7 heteroatoms. The number of hydrogen-bond acceptors (Lipinski definition) is 4. The number of carbonyl (C=O) groups excluding carboxylic acids is 2. The number of ether oxygens (including phenoxy) is 1. The van der Waals surface area contributed by atoms with Crippen molar-refractivity contribution in [1.82, 2.24) is 5.32 Å².